The van der Waals surface area contributed by atoms with E-state index in [0.29, 0.717) is 18.5 Å². The van der Waals surface area contributed by atoms with Gasteiger partial charge in [0.15, 0.2) is 12.4 Å². The summed E-state index contributed by atoms with van der Waals surface area (Å²) in [5.41, 5.74) is 2.62. The normalized spacial score (nSPS) is 23.5. The molecule has 0 bridgehead atoms. The number of fused-ring (bicyclic) bond motifs is 1. The summed E-state index contributed by atoms with van der Waals surface area (Å²) < 4.78 is 11.2. The second kappa shape index (κ2) is 6.35. The van der Waals surface area contributed by atoms with Crippen LogP contribution < -0.4 is 9.80 Å². The molecular formula is C18H23N2O3S+. The lowest BCUT2D eigenvalue weighted by Crippen LogP contribution is -3.14. The van der Waals surface area contributed by atoms with E-state index in [1.165, 1.54) is 20.9 Å². The average Bonchev–Trinajstić information content (AvgIpc) is 3.31. The lowest BCUT2D eigenvalue weighted by Gasteiger charge is -2.33. The average molecular weight is 347 g/mol. The molecule has 2 atom stereocenters. The number of hydrogen-bond donors (Lipinski definition) is 1. The first-order valence-electron chi connectivity index (χ1n) is 8.53. The zero-order valence-electron chi connectivity index (χ0n) is 14.1. The van der Waals surface area contributed by atoms with Crippen molar-refractivity contribution in [1.29, 1.82) is 0 Å². The van der Waals surface area contributed by atoms with Gasteiger partial charge in [0.25, 0.3) is 5.91 Å². The third-order valence-corrected chi connectivity index (χ3v) is 6.33. The molecule has 1 amide bonds. The molecule has 4 rings (SSSR count). The van der Waals surface area contributed by atoms with Gasteiger partial charge in [-0.05, 0) is 44.4 Å². The summed E-state index contributed by atoms with van der Waals surface area (Å²) in [6, 6.07) is 3.50. The van der Waals surface area contributed by atoms with E-state index >= 15 is 0 Å². The second-order valence-electron chi connectivity index (χ2n) is 6.70. The van der Waals surface area contributed by atoms with Crippen molar-refractivity contribution in [2.75, 3.05) is 24.7 Å². The van der Waals surface area contributed by atoms with Gasteiger partial charge in [-0.1, -0.05) is 0 Å². The molecule has 1 unspecified atom stereocenters. The first kappa shape index (κ1) is 15.9. The molecule has 0 aliphatic carbocycles. The lowest BCUT2D eigenvalue weighted by atomic mass is 10.1. The molecule has 2 aromatic heterocycles. The number of ether oxygens (including phenoxy) is 1. The van der Waals surface area contributed by atoms with Crippen LogP contribution in [0.5, 0.6) is 0 Å². The van der Waals surface area contributed by atoms with E-state index in [1.807, 2.05) is 4.90 Å². The number of aryl methyl sites for hydroxylation is 1. The second-order valence-corrected chi connectivity index (χ2v) is 7.90. The van der Waals surface area contributed by atoms with Gasteiger partial charge in [0.1, 0.15) is 24.2 Å². The summed E-state index contributed by atoms with van der Waals surface area (Å²) in [6.07, 6.45) is 4.15. The van der Waals surface area contributed by atoms with Crippen LogP contribution in [0, 0.1) is 13.8 Å². The quantitative estimate of drug-likeness (QED) is 0.925. The van der Waals surface area contributed by atoms with Crippen LogP contribution in [0.25, 0.3) is 0 Å². The number of quaternary nitrogens is 1. The number of thiophene rings is 1. The third kappa shape index (κ3) is 2.79. The maximum atomic E-state index is 12.9. The highest BCUT2D eigenvalue weighted by Gasteiger charge is 2.36. The molecule has 1 fully saturated rings. The Balaban J connectivity index is 1.64. The van der Waals surface area contributed by atoms with Crippen LogP contribution in [0.1, 0.15) is 39.4 Å². The fraction of sp³-hybridized carbons (Fsp3) is 0.500. The molecule has 2 aliphatic rings. The molecule has 1 N–H and O–H groups in total. The molecule has 24 heavy (non-hydrogen) atoms. The first-order valence-corrected chi connectivity index (χ1v) is 9.34. The molecule has 6 heteroatoms. The van der Waals surface area contributed by atoms with E-state index < -0.39 is 0 Å². The molecule has 0 radical (unpaired) electrons. The SMILES string of the molecule is Cc1sc2c(c1C)C[NH+](C[C@@H]1CCCO1)CN2C(=O)c1ccco1. The standard InChI is InChI=1S/C18H22N2O3S/c1-12-13(2)24-18-15(12)10-19(9-14-5-3-7-22-14)11-20(18)17(21)16-6-4-8-23-16/h4,6,8,14H,3,5,7,9-11H2,1-2H3/p+1/t14-/m0/s1. The number of carbonyl (C=O) groups is 1. The Kier molecular flexibility index (Phi) is 4.20. The summed E-state index contributed by atoms with van der Waals surface area (Å²) >= 11 is 1.71. The van der Waals surface area contributed by atoms with E-state index in [0.717, 1.165) is 37.5 Å². The molecular weight excluding hydrogens is 324 g/mol. The zero-order valence-corrected chi connectivity index (χ0v) is 14.9. The maximum Gasteiger partial charge on any atom is 0.298 e. The molecule has 1 saturated heterocycles. The van der Waals surface area contributed by atoms with Crippen LogP contribution in [-0.4, -0.2) is 31.8 Å². The van der Waals surface area contributed by atoms with Crippen molar-refractivity contribution in [1.82, 2.24) is 0 Å². The maximum absolute atomic E-state index is 12.9. The zero-order chi connectivity index (χ0) is 16.7. The third-order valence-electron chi connectivity index (χ3n) is 5.06. The fourth-order valence-corrected chi connectivity index (χ4v) is 4.82. The lowest BCUT2D eigenvalue weighted by molar-refractivity contribution is -0.917. The van der Waals surface area contributed by atoms with Crippen molar-refractivity contribution in [3.8, 4) is 0 Å². The van der Waals surface area contributed by atoms with E-state index in [-0.39, 0.29) is 5.91 Å². The van der Waals surface area contributed by atoms with Crippen molar-refractivity contribution in [2.45, 2.75) is 39.3 Å². The summed E-state index contributed by atoms with van der Waals surface area (Å²) in [5.74, 6) is 0.357. The van der Waals surface area contributed by atoms with E-state index in [4.69, 9.17) is 9.15 Å². The van der Waals surface area contributed by atoms with Gasteiger partial charge in [0.2, 0.25) is 0 Å². The molecule has 4 heterocycles. The van der Waals surface area contributed by atoms with Gasteiger partial charge in [-0.2, -0.15) is 0 Å². The summed E-state index contributed by atoms with van der Waals surface area (Å²) in [4.78, 5) is 17.5. The van der Waals surface area contributed by atoms with Crippen LogP contribution in [0.2, 0.25) is 0 Å². The fourth-order valence-electron chi connectivity index (χ4n) is 3.64. The first-order chi connectivity index (χ1) is 11.6. The highest BCUT2D eigenvalue weighted by molar-refractivity contribution is 7.16. The van der Waals surface area contributed by atoms with E-state index in [9.17, 15) is 4.79 Å². The molecule has 2 aromatic rings. The number of rotatable bonds is 3. The number of carbonyl (C=O) groups excluding carboxylic acids is 1. The van der Waals surface area contributed by atoms with Crippen LogP contribution in [0.15, 0.2) is 22.8 Å². The van der Waals surface area contributed by atoms with Gasteiger partial charge in [0.05, 0.1) is 6.26 Å². The molecule has 0 saturated carbocycles. The monoisotopic (exact) mass is 347 g/mol. The Morgan fingerprint density at radius 1 is 1.46 bits per heavy atom. The number of nitrogens with one attached hydrogen (secondary N) is 1. The van der Waals surface area contributed by atoms with Crippen molar-refractivity contribution in [3.63, 3.8) is 0 Å². The Hall–Kier alpha value is -1.63. The Morgan fingerprint density at radius 3 is 3.04 bits per heavy atom. The molecule has 0 spiro atoms. The van der Waals surface area contributed by atoms with Crippen molar-refractivity contribution < 1.29 is 18.8 Å². The van der Waals surface area contributed by atoms with Crippen molar-refractivity contribution in [3.05, 3.63) is 40.2 Å². The number of nitrogens with zero attached hydrogens (tertiary/aromatic N) is 1. The smallest absolute Gasteiger partial charge is 0.298 e. The number of amides is 1. The topological polar surface area (TPSA) is 47.1 Å². The Morgan fingerprint density at radius 2 is 2.33 bits per heavy atom. The number of anilines is 1. The van der Waals surface area contributed by atoms with Gasteiger partial charge in [-0.3, -0.25) is 4.79 Å². The Labute approximate surface area is 145 Å². The minimum absolute atomic E-state index is 0.0490. The van der Waals surface area contributed by atoms with Crippen LogP contribution in [0.4, 0.5) is 5.00 Å². The highest BCUT2D eigenvalue weighted by atomic mass is 32.1. The molecule has 128 valence electrons. The molecule has 5 nitrogen and oxygen atoms in total. The highest BCUT2D eigenvalue weighted by Crippen LogP contribution is 2.36. The number of furan rings is 1. The number of hydrogen-bond acceptors (Lipinski definition) is 4. The summed E-state index contributed by atoms with van der Waals surface area (Å²) in [7, 11) is 0. The Bertz CT molecular complexity index is 732. The molecule has 2 aliphatic heterocycles. The van der Waals surface area contributed by atoms with E-state index in [2.05, 4.69) is 13.8 Å². The summed E-state index contributed by atoms with van der Waals surface area (Å²) in [5, 5.41) is 1.09. The van der Waals surface area contributed by atoms with Crippen LogP contribution in [-0.2, 0) is 11.3 Å². The van der Waals surface area contributed by atoms with Crippen molar-refractivity contribution in [2.24, 2.45) is 0 Å². The van der Waals surface area contributed by atoms with Crippen LogP contribution >= 0.6 is 11.3 Å². The van der Waals surface area contributed by atoms with Crippen molar-refractivity contribution >= 4 is 22.2 Å². The predicted octanol–water partition coefficient (Wildman–Crippen LogP) is 2.14. The minimum atomic E-state index is -0.0490. The minimum Gasteiger partial charge on any atom is -0.459 e. The molecule has 0 aromatic carbocycles. The van der Waals surface area contributed by atoms with Gasteiger partial charge >= 0.3 is 0 Å². The summed E-state index contributed by atoms with van der Waals surface area (Å²) in [6.45, 7) is 7.76. The van der Waals surface area contributed by atoms with Gasteiger partial charge in [-0.15, -0.1) is 11.3 Å². The predicted molar refractivity (Wildman–Crippen MR) is 92.7 cm³/mol. The largest absolute Gasteiger partial charge is 0.459 e. The van der Waals surface area contributed by atoms with Gasteiger partial charge in [-0.25, -0.2) is 4.90 Å². The van der Waals surface area contributed by atoms with Gasteiger partial charge < -0.3 is 14.1 Å². The van der Waals surface area contributed by atoms with Crippen LogP contribution in [0.3, 0.4) is 0 Å². The van der Waals surface area contributed by atoms with Gasteiger partial charge in [0, 0.05) is 17.0 Å². The van der Waals surface area contributed by atoms with E-state index in [1.54, 1.807) is 29.7 Å².